The van der Waals surface area contributed by atoms with E-state index in [-0.39, 0.29) is 0 Å². The molecule has 0 unspecified atom stereocenters. The number of nitrogens with zero attached hydrogens (tertiary/aromatic N) is 1. The van der Waals surface area contributed by atoms with E-state index in [1.54, 1.807) is 11.3 Å². The number of halogens is 1. The maximum Gasteiger partial charge on any atom is 0.140 e. The largest absolute Gasteiger partial charge is 0.359 e. The minimum absolute atomic E-state index is 1.01. The van der Waals surface area contributed by atoms with Crippen LogP contribution in [0.2, 0.25) is 0 Å². The van der Waals surface area contributed by atoms with E-state index >= 15 is 0 Å². The fourth-order valence-electron chi connectivity index (χ4n) is 1.64. The van der Waals surface area contributed by atoms with E-state index in [0.29, 0.717) is 0 Å². The molecular weight excluding hydrogens is 296 g/mol. The predicted molar refractivity (Wildman–Crippen MR) is 75.0 cm³/mol. The van der Waals surface area contributed by atoms with Crippen LogP contribution in [0.25, 0.3) is 22.0 Å². The second-order valence-electron chi connectivity index (χ2n) is 3.63. The van der Waals surface area contributed by atoms with Gasteiger partial charge in [-0.2, -0.15) is 0 Å². The number of thiazole rings is 1. The average molecular weight is 305 g/mol. The quantitative estimate of drug-likeness (QED) is 0.738. The van der Waals surface area contributed by atoms with Gasteiger partial charge in [-0.25, -0.2) is 4.98 Å². The Labute approximate surface area is 111 Å². The molecule has 1 N–H and O–H groups in total. The highest BCUT2D eigenvalue weighted by Crippen LogP contribution is 2.28. The second kappa shape index (κ2) is 4.47. The third kappa shape index (κ3) is 2.18. The zero-order chi connectivity index (χ0) is 11.7. The van der Waals surface area contributed by atoms with Gasteiger partial charge in [-0.15, -0.1) is 11.3 Å². The van der Waals surface area contributed by atoms with Crippen LogP contribution in [0.5, 0.6) is 0 Å². The summed E-state index contributed by atoms with van der Waals surface area (Å²) in [6.07, 6.45) is 1.91. The molecule has 0 radical (unpaired) electrons. The molecule has 2 heterocycles. The molecule has 0 aliphatic carbocycles. The van der Waals surface area contributed by atoms with Crippen LogP contribution in [0.4, 0.5) is 0 Å². The van der Waals surface area contributed by atoms with Crippen molar-refractivity contribution in [1.29, 1.82) is 0 Å². The second-order valence-corrected chi connectivity index (χ2v) is 5.41. The van der Waals surface area contributed by atoms with Crippen molar-refractivity contribution >= 4 is 27.3 Å². The van der Waals surface area contributed by atoms with E-state index in [0.717, 1.165) is 26.4 Å². The minimum Gasteiger partial charge on any atom is -0.359 e. The zero-order valence-electron chi connectivity index (χ0n) is 8.85. The number of hydrogen-bond donors (Lipinski definition) is 1. The van der Waals surface area contributed by atoms with Crippen LogP contribution < -0.4 is 0 Å². The van der Waals surface area contributed by atoms with E-state index in [9.17, 15) is 0 Å². The van der Waals surface area contributed by atoms with Gasteiger partial charge in [0.05, 0.1) is 11.4 Å². The summed E-state index contributed by atoms with van der Waals surface area (Å²) >= 11 is 5.12. The summed E-state index contributed by atoms with van der Waals surface area (Å²) in [6, 6.07) is 12.2. The number of benzene rings is 1. The highest BCUT2D eigenvalue weighted by Gasteiger charge is 2.06. The molecule has 2 nitrogen and oxygen atoms in total. The number of aromatic amines is 1. The monoisotopic (exact) mass is 304 g/mol. The molecule has 1 aromatic carbocycles. The van der Waals surface area contributed by atoms with Crippen LogP contribution in [0.3, 0.4) is 0 Å². The van der Waals surface area contributed by atoms with Crippen LogP contribution in [0.1, 0.15) is 0 Å². The van der Waals surface area contributed by atoms with Crippen molar-refractivity contribution in [1.82, 2.24) is 9.97 Å². The van der Waals surface area contributed by atoms with Crippen molar-refractivity contribution in [3.8, 4) is 22.0 Å². The number of hydrogen-bond acceptors (Lipinski definition) is 2. The van der Waals surface area contributed by atoms with Gasteiger partial charge in [0.15, 0.2) is 0 Å². The molecule has 3 rings (SSSR count). The maximum absolute atomic E-state index is 4.63. The van der Waals surface area contributed by atoms with E-state index in [4.69, 9.17) is 0 Å². The van der Waals surface area contributed by atoms with Gasteiger partial charge in [-0.1, -0.05) is 28.1 Å². The highest BCUT2D eigenvalue weighted by atomic mass is 79.9. The first-order chi connectivity index (χ1) is 8.33. The van der Waals surface area contributed by atoms with Gasteiger partial charge in [0.2, 0.25) is 0 Å². The molecule has 0 spiro atoms. The Balaban J connectivity index is 2.01. The van der Waals surface area contributed by atoms with Gasteiger partial charge in [0.25, 0.3) is 0 Å². The molecule has 0 fully saturated rings. The summed E-state index contributed by atoms with van der Waals surface area (Å²) in [5, 5.41) is 3.10. The van der Waals surface area contributed by atoms with Gasteiger partial charge in [0, 0.05) is 21.6 Å². The molecular formula is C13H9BrN2S. The molecule has 0 saturated heterocycles. The summed E-state index contributed by atoms with van der Waals surface area (Å²) < 4.78 is 1.07. The molecule has 0 saturated carbocycles. The number of rotatable bonds is 2. The summed E-state index contributed by atoms with van der Waals surface area (Å²) in [5.41, 5.74) is 3.21. The molecule has 2 aromatic heterocycles. The molecule has 84 valence electrons. The normalized spacial score (nSPS) is 10.6. The van der Waals surface area contributed by atoms with Gasteiger partial charge in [-0.05, 0) is 24.3 Å². The number of nitrogens with one attached hydrogen (secondary N) is 1. The van der Waals surface area contributed by atoms with E-state index in [1.165, 1.54) is 0 Å². The molecule has 17 heavy (non-hydrogen) atoms. The lowest BCUT2D eigenvalue weighted by molar-refractivity contribution is 1.34. The molecule has 0 atom stereocenters. The van der Waals surface area contributed by atoms with Crippen molar-refractivity contribution in [2.75, 3.05) is 0 Å². The van der Waals surface area contributed by atoms with Crippen molar-refractivity contribution in [3.05, 3.63) is 52.4 Å². The zero-order valence-corrected chi connectivity index (χ0v) is 11.3. The smallest absolute Gasteiger partial charge is 0.140 e. The third-order valence-electron chi connectivity index (χ3n) is 2.45. The van der Waals surface area contributed by atoms with Crippen LogP contribution in [-0.2, 0) is 0 Å². The fraction of sp³-hybridized carbons (Fsp3) is 0. The minimum atomic E-state index is 1.01. The molecule has 4 heteroatoms. The van der Waals surface area contributed by atoms with Crippen molar-refractivity contribution in [3.63, 3.8) is 0 Å². The third-order valence-corrected chi connectivity index (χ3v) is 3.82. The van der Waals surface area contributed by atoms with Gasteiger partial charge in [0.1, 0.15) is 5.01 Å². The van der Waals surface area contributed by atoms with Crippen LogP contribution >= 0.6 is 27.3 Å². The Bertz CT molecular complexity index is 628. The van der Waals surface area contributed by atoms with Crippen LogP contribution in [-0.4, -0.2) is 9.97 Å². The highest BCUT2D eigenvalue weighted by molar-refractivity contribution is 9.10. The topological polar surface area (TPSA) is 28.7 Å². The lowest BCUT2D eigenvalue weighted by atomic mass is 10.2. The van der Waals surface area contributed by atoms with E-state index in [1.807, 2.05) is 30.5 Å². The van der Waals surface area contributed by atoms with Crippen LogP contribution in [0.15, 0.2) is 52.4 Å². The van der Waals surface area contributed by atoms with E-state index < -0.39 is 0 Å². The van der Waals surface area contributed by atoms with Crippen LogP contribution in [0, 0.1) is 0 Å². The number of aromatic nitrogens is 2. The molecule has 0 aliphatic rings. The summed E-state index contributed by atoms with van der Waals surface area (Å²) in [7, 11) is 0. The lowest BCUT2D eigenvalue weighted by Crippen LogP contribution is -1.79. The first-order valence-corrected chi connectivity index (χ1v) is 6.85. The van der Waals surface area contributed by atoms with E-state index in [2.05, 4.69) is 43.4 Å². The van der Waals surface area contributed by atoms with Gasteiger partial charge < -0.3 is 4.98 Å². The Morgan fingerprint density at radius 3 is 2.88 bits per heavy atom. The SMILES string of the molecule is Brc1cccc(-c2csc(-c3ccc[nH]3)n2)c1. The first kappa shape index (κ1) is 10.7. The van der Waals surface area contributed by atoms with Gasteiger partial charge in [-0.3, -0.25) is 0 Å². The number of H-pyrrole nitrogens is 1. The lowest BCUT2D eigenvalue weighted by Gasteiger charge is -1.96. The fourth-order valence-corrected chi connectivity index (χ4v) is 2.86. The summed E-state index contributed by atoms with van der Waals surface area (Å²) in [4.78, 5) is 7.80. The molecule has 3 aromatic rings. The van der Waals surface area contributed by atoms with Crippen molar-refractivity contribution < 1.29 is 0 Å². The Hall–Kier alpha value is -1.39. The Kier molecular flexibility index (Phi) is 2.82. The maximum atomic E-state index is 4.63. The van der Waals surface area contributed by atoms with Crippen molar-refractivity contribution in [2.45, 2.75) is 0 Å². The standard InChI is InChI=1S/C13H9BrN2S/c14-10-4-1-3-9(7-10)12-8-17-13(16-12)11-5-2-6-15-11/h1-8,15H. The first-order valence-electron chi connectivity index (χ1n) is 5.18. The molecule has 0 amide bonds. The van der Waals surface area contributed by atoms with Gasteiger partial charge >= 0.3 is 0 Å². The Morgan fingerprint density at radius 1 is 1.18 bits per heavy atom. The van der Waals surface area contributed by atoms with Crippen molar-refractivity contribution in [2.24, 2.45) is 0 Å². The predicted octanol–water partition coefficient (Wildman–Crippen LogP) is 4.57. The summed E-state index contributed by atoms with van der Waals surface area (Å²) in [6.45, 7) is 0. The average Bonchev–Trinajstić information content (AvgIpc) is 3.00. The summed E-state index contributed by atoms with van der Waals surface area (Å²) in [5.74, 6) is 0. The Morgan fingerprint density at radius 2 is 2.12 bits per heavy atom. The molecule has 0 aliphatic heterocycles. The molecule has 0 bridgehead atoms.